The summed E-state index contributed by atoms with van der Waals surface area (Å²) in [5.41, 5.74) is 0.576. The zero-order valence-electron chi connectivity index (χ0n) is 7.60. The van der Waals surface area contributed by atoms with E-state index in [2.05, 4.69) is 18.5 Å². The number of carbonyl (C=O) groups is 1. The number of rotatable bonds is 3. The van der Waals surface area contributed by atoms with Crippen LogP contribution in [0.4, 0.5) is 0 Å². The van der Waals surface area contributed by atoms with E-state index >= 15 is 0 Å². The molecule has 0 saturated heterocycles. The van der Waals surface area contributed by atoms with Crippen LogP contribution in [0.15, 0.2) is 29.0 Å². The van der Waals surface area contributed by atoms with Crippen molar-refractivity contribution < 1.29 is 14.6 Å². The molecule has 0 heterocycles. The molecule has 1 aromatic carbocycles. The maximum atomic E-state index is 11.2. The third kappa shape index (κ3) is 2.30. The van der Waals surface area contributed by atoms with Crippen molar-refractivity contribution in [3.63, 3.8) is 0 Å². The average molecular weight is 211 g/mol. The number of carbonyl (C=O) groups excluding carboxylic acids is 1. The normalized spacial score (nSPS) is 11.8. The van der Waals surface area contributed by atoms with Gasteiger partial charge in [0.15, 0.2) is 6.04 Å². The molecule has 0 spiro atoms. The fourth-order valence-electron chi connectivity index (χ4n) is 1.07. The van der Waals surface area contributed by atoms with Crippen molar-refractivity contribution in [2.45, 2.75) is 6.04 Å². The summed E-state index contributed by atoms with van der Waals surface area (Å²) >= 11 is 0. The van der Waals surface area contributed by atoms with Gasteiger partial charge in [-0.05, 0) is 26.7 Å². The van der Waals surface area contributed by atoms with Gasteiger partial charge < -0.3 is 9.84 Å². The Hall–Kier alpha value is -1.41. The third-order valence-corrected chi connectivity index (χ3v) is 2.00. The summed E-state index contributed by atoms with van der Waals surface area (Å²) < 4.78 is 8.24. The van der Waals surface area contributed by atoms with Crippen LogP contribution in [0.2, 0.25) is 0 Å². The van der Waals surface area contributed by atoms with Gasteiger partial charge >= 0.3 is 5.97 Å². The molecule has 0 aromatic heterocycles. The van der Waals surface area contributed by atoms with Crippen LogP contribution in [-0.4, -0.2) is 18.2 Å². The lowest BCUT2D eigenvalue weighted by molar-refractivity contribution is -0.142. The Morgan fingerprint density at radius 3 is 2.86 bits per heavy atom. The molecule has 74 valence electrons. The molecule has 0 aliphatic rings. The highest BCUT2D eigenvalue weighted by molar-refractivity contribution is 7.04. The molecule has 1 rings (SSSR count). The first-order valence-corrected chi connectivity index (χ1v) is 4.37. The topological polar surface area (TPSA) is 58.9 Å². The van der Waals surface area contributed by atoms with Crippen molar-refractivity contribution in [1.29, 1.82) is 0 Å². The van der Waals surface area contributed by atoms with E-state index in [4.69, 9.17) is 0 Å². The van der Waals surface area contributed by atoms with Gasteiger partial charge in [-0.25, -0.2) is 4.79 Å². The van der Waals surface area contributed by atoms with E-state index in [0.29, 0.717) is 5.56 Å². The van der Waals surface area contributed by atoms with Crippen LogP contribution in [0.3, 0.4) is 0 Å². The molecule has 14 heavy (non-hydrogen) atoms. The summed E-state index contributed by atoms with van der Waals surface area (Å²) in [7, 11) is 4.20. The van der Waals surface area contributed by atoms with Gasteiger partial charge in [-0.1, -0.05) is 12.1 Å². The van der Waals surface area contributed by atoms with Crippen molar-refractivity contribution in [3.8, 4) is 5.75 Å². The first kappa shape index (κ1) is 10.7. The SMILES string of the molecule is COC(=O)C(N=P)c1cccc(O)c1. The Kier molecular flexibility index (Phi) is 3.60. The lowest BCUT2D eigenvalue weighted by Gasteiger charge is -2.09. The average Bonchev–Trinajstić information content (AvgIpc) is 2.19. The van der Waals surface area contributed by atoms with E-state index < -0.39 is 12.0 Å². The quantitative estimate of drug-likeness (QED) is 0.613. The summed E-state index contributed by atoms with van der Waals surface area (Å²) in [6.07, 6.45) is 0. The molecule has 0 bridgehead atoms. The minimum Gasteiger partial charge on any atom is -0.508 e. The molecular formula is C9H10NO3P. The van der Waals surface area contributed by atoms with Gasteiger partial charge in [-0.2, -0.15) is 0 Å². The molecule has 0 aliphatic heterocycles. The third-order valence-electron chi connectivity index (χ3n) is 1.74. The number of esters is 1. The Labute approximate surface area is 83.8 Å². The van der Waals surface area contributed by atoms with Gasteiger partial charge in [0.1, 0.15) is 5.75 Å². The molecule has 4 nitrogen and oxygen atoms in total. The predicted molar refractivity (Wildman–Crippen MR) is 53.6 cm³/mol. The monoisotopic (exact) mass is 211 g/mol. The zero-order chi connectivity index (χ0) is 10.6. The van der Waals surface area contributed by atoms with Crippen molar-refractivity contribution in [1.82, 2.24) is 0 Å². The summed E-state index contributed by atoms with van der Waals surface area (Å²) in [4.78, 5) is 11.2. The van der Waals surface area contributed by atoms with E-state index in [1.54, 1.807) is 12.1 Å². The van der Waals surface area contributed by atoms with Crippen LogP contribution < -0.4 is 0 Å². The van der Waals surface area contributed by atoms with E-state index in [-0.39, 0.29) is 5.75 Å². The molecule has 0 saturated carbocycles. The molecule has 5 heteroatoms. The first-order valence-electron chi connectivity index (χ1n) is 3.92. The van der Waals surface area contributed by atoms with E-state index in [1.807, 2.05) is 0 Å². The number of methoxy groups -OCH3 is 1. The fourth-order valence-corrected chi connectivity index (χ4v) is 1.32. The van der Waals surface area contributed by atoms with Crippen molar-refractivity contribution >= 4 is 15.0 Å². The smallest absolute Gasteiger partial charge is 0.335 e. The zero-order valence-corrected chi connectivity index (χ0v) is 8.60. The molecule has 0 amide bonds. The summed E-state index contributed by atoms with van der Waals surface area (Å²) in [6, 6.07) is 5.56. The molecule has 0 fully saturated rings. The summed E-state index contributed by atoms with van der Waals surface area (Å²) in [5, 5.41) is 9.20. The van der Waals surface area contributed by atoms with Gasteiger partial charge in [0.2, 0.25) is 0 Å². The number of hydrogen-bond donors (Lipinski definition) is 1. The van der Waals surface area contributed by atoms with Crippen LogP contribution >= 0.6 is 9.03 Å². The number of hydrogen-bond acceptors (Lipinski definition) is 4. The molecule has 1 unspecified atom stereocenters. The molecule has 0 radical (unpaired) electrons. The summed E-state index contributed by atoms with van der Waals surface area (Å²) in [6.45, 7) is 0. The Balaban J connectivity index is 3.00. The lowest BCUT2D eigenvalue weighted by Crippen LogP contribution is -2.11. The van der Waals surface area contributed by atoms with Gasteiger partial charge in [0.25, 0.3) is 0 Å². The second kappa shape index (κ2) is 4.72. The molecule has 0 aliphatic carbocycles. The summed E-state index contributed by atoms with van der Waals surface area (Å²) in [5.74, 6) is -0.391. The first-order chi connectivity index (χ1) is 6.69. The van der Waals surface area contributed by atoms with Crippen molar-refractivity contribution in [2.24, 2.45) is 4.74 Å². The van der Waals surface area contributed by atoms with Gasteiger partial charge in [0.05, 0.1) is 7.11 Å². The highest BCUT2D eigenvalue weighted by atomic mass is 31.0. The van der Waals surface area contributed by atoms with Crippen LogP contribution in [0, 0.1) is 0 Å². The number of benzene rings is 1. The Bertz CT molecular complexity index is 354. The fraction of sp³-hybridized carbons (Fsp3) is 0.222. The van der Waals surface area contributed by atoms with Gasteiger partial charge in [-0.3, -0.25) is 4.74 Å². The standard InChI is InChI=1S/C9H10NO3P/c1-13-9(12)8(10-14)6-3-2-4-7(11)5-6/h2-5,8,11,14H,1H3. The van der Waals surface area contributed by atoms with E-state index in [9.17, 15) is 9.90 Å². The number of aromatic hydroxyl groups is 1. The van der Waals surface area contributed by atoms with Crippen LogP contribution in [-0.2, 0) is 9.53 Å². The van der Waals surface area contributed by atoms with Gasteiger partial charge in [-0.15, -0.1) is 0 Å². The maximum Gasteiger partial charge on any atom is 0.335 e. The second-order valence-corrected chi connectivity index (χ2v) is 2.91. The maximum absolute atomic E-state index is 11.2. The Morgan fingerprint density at radius 1 is 1.64 bits per heavy atom. The van der Waals surface area contributed by atoms with E-state index in [1.165, 1.54) is 19.2 Å². The van der Waals surface area contributed by atoms with Crippen LogP contribution in [0.1, 0.15) is 11.6 Å². The van der Waals surface area contributed by atoms with Crippen molar-refractivity contribution in [3.05, 3.63) is 29.8 Å². The number of nitrogens with zero attached hydrogens (tertiary/aromatic N) is 1. The predicted octanol–water partition coefficient (Wildman–Crippen LogP) is 1.93. The molecule has 1 atom stereocenters. The van der Waals surface area contributed by atoms with Crippen LogP contribution in [0.25, 0.3) is 0 Å². The van der Waals surface area contributed by atoms with Crippen LogP contribution in [0.5, 0.6) is 5.75 Å². The minimum absolute atomic E-state index is 0.0896. The number of phenols is 1. The number of ether oxygens (including phenoxy) is 1. The largest absolute Gasteiger partial charge is 0.508 e. The Morgan fingerprint density at radius 2 is 2.36 bits per heavy atom. The lowest BCUT2D eigenvalue weighted by atomic mass is 10.1. The molecule has 1 N–H and O–H groups in total. The minimum atomic E-state index is -0.747. The molecule has 1 aromatic rings. The highest BCUT2D eigenvalue weighted by Crippen LogP contribution is 2.23. The number of phenolic OH excluding ortho intramolecular Hbond substituents is 1. The van der Waals surface area contributed by atoms with Crippen molar-refractivity contribution in [2.75, 3.05) is 7.11 Å². The second-order valence-electron chi connectivity index (χ2n) is 2.65. The van der Waals surface area contributed by atoms with E-state index in [0.717, 1.165) is 0 Å². The molecular weight excluding hydrogens is 201 g/mol. The highest BCUT2D eigenvalue weighted by Gasteiger charge is 2.19. The van der Waals surface area contributed by atoms with Gasteiger partial charge in [0, 0.05) is 0 Å².